The van der Waals surface area contributed by atoms with Crippen molar-refractivity contribution in [3.63, 3.8) is 0 Å². The van der Waals surface area contributed by atoms with E-state index in [0.29, 0.717) is 5.92 Å². The molecular weight excluding hydrogens is 267 g/mol. The SMILES string of the molecule is [K].c1ccc(C(c2ccccc2)c2ccccc2)cc1. The third kappa shape index (κ3) is 3.69. The van der Waals surface area contributed by atoms with Crippen molar-refractivity contribution in [1.29, 1.82) is 0 Å². The molecule has 3 aromatic carbocycles. The maximum Gasteiger partial charge on any atom is 0.0339 e. The molecule has 1 heteroatoms. The Morgan fingerprint density at radius 3 is 0.900 bits per heavy atom. The van der Waals surface area contributed by atoms with Gasteiger partial charge in [-0.05, 0) is 16.7 Å². The number of hydrogen-bond donors (Lipinski definition) is 0. The van der Waals surface area contributed by atoms with E-state index in [4.69, 9.17) is 0 Å². The van der Waals surface area contributed by atoms with Crippen LogP contribution in [0, 0.1) is 0 Å². The van der Waals surface area contributed by atoms with Crippen LogP contribution in [0.15, 0.2) is 91.0 Å². The molecule has 93 valence electrons. The summed E-state index contributed by atoms with van der Waals surface area (Å²) in [6.45, 7) is 0. The van der Waals surface area contributed by atoms with Gasteiger partial charge in [0.25, 0.3) is 0 Å². The summed E-state index contributed by atoms with van der Waals surface area (Å²) in [5.74, 6) is 0.309. The van der Waals surface area contributed by atoms with E-state index in [9.17, 15) is 0 Å². The Balaban J connectivity index is 0.00000147. The summed E-state index contributed by atoms with van der Waals surface area (Å²) < 4.78 is 0. The maximum atomic E-state index is 2.20. The molecule has 0 N–H and O–H groups in total. The Labute approximate surface area is 163 Å². The summed E-state index contributed by atoms with van der Waals surface area (Å²) in [7, 11) is 0. The summed E-state index contributed by atoms with van der Waals surface area (Å²) >= 11 is 0. The van der Waals surface area contributed by atoms with Gasteiger partial charge in [-0.25, -0.2) is 0 Å². The summed E-state index contributed by atoms with van der Waals surface area (Å²) in [6.07, 6.45) is 0. The first-order valence-electron chi connectivity index (χ1n) is 6.60. The van der Waals surface area contributed by atoms with Gasteiger partial charge < -0.3 is 0 Å². The van der Waals surface area contributed by atoms with Gasteiger partial charge in [-0.1, -0.05) is 91.0 Å². The maximum absolute atomic E-state index is 2.20. The predicted octanol–water partition coefficient (Wildman–Crippen LogP) is 4.49. The zero-order chi connectivity index (χ0) is 12.9. The molecule has 3 aromatic rings. The summed E-state index contributed by atoms with van der Waals surface area (Å²) in [5.41, 5.74) is 4.00. The van der Waals surface area contributed by atoms with E-state index in [1.165, 1.54) is 16.7 Å². The minimum atomic E-state index is 0. The first-order chi connectivity index (χ1) is 9.45. The van der Waals surface area contributed by atoms with Crippen molar-refractivity contribution in [2.24, 2.45) is 0 Å². The van der Waals surface area contributed by atoms with Crippen molar-refractivity contribution in [3.05, 3.63) is 108 Å². The van der Waals surface area contributed by atoms with E-state index in [1.807, 2.05) is 0 Å². The third-order valence-corrected chi connectivity index (χ3v) is 3.40. The van der Waals surface area contributed by atoms with E-state index >= 15 is 0 Å². The van der Waals surface area contributed by atoms with Gasteiger partial charge in [0, 0.05) is 57.3 Å². The molecule has 0 aliphatic rings. The molecule has 0 saturated heterocycles. The second-order valence-corrected chi connectivity index (χ2v) is 4.67. The average Bonchev–Trinajstić information content (AvgIpc) is 2.51. The molecule has 0 saturated carbocycles. The van der Waals surface area contributed by atoms with Crippen LogP contribution in [0.4, 0.5) is 0 Å². The van der Waals surface area contributed by atoms with E-state index < -0.39 is 0 Å². The van der Waals surface area contributed by atoms with Gasteiger partial charge in [0.1, 0.15) is 0 Å². The van der Waals surface area contributed by atoms with Crippen LogP contribution in [0.3, 0.4) is 0 Å². The third-order valence-electron chi connectivity index (χ3n) is 3.40. The molecular formula is C19H16K. The summed E-state index contributed by atoms with van der Waals surface area (Å²) in [4.78, 5) is 0. The van der Waals surface area contributed by atoms with Crippen LogP contribution < -0.4 is 0 Å². The summed E-state index contributed by atoms with van der Waals surface area (Å²) in [5, 5.41) is 0. The van der Waals surface area contributed by atoms with E-state index in [1.54, 1.807) is 0 Å². The Morgan fingerprint density at radius 2 is 0.650 bits per heavy atom. The first-order valence-corrected chi connectivity index (χ1v) is 6.60. The fourth-order valence-corrected chi connectivity index (χ4v) is 2.51. The normalized spacial score (nSPS) is 10.1. The molecule has 0 atom stereocenters. The van der Waals surface area contributed by atoms with Crippen molar-refractivity contribution in [2.75, 3.05) is 0 Å². The van der Waals surface area contributed by atoms with Gasteiger partial charge in [0.05, 0.1) is 0 Å². The number of hydrogen-bond acceptors (Lipinski definition) is 0. The van der Waals surface area contributed by atoms with Gasteiger partial charge in [0.15, 0.2) is 0 Å². The van der Waals surface area contributed by atoms with Crippen molar-refractivity contribution in [1.82, 2.24) is 0 Å². The Morgan fingerprint density at radius 1 is 0.400 bits per heavy atom. The summed E-state index contributed by atoms with van der Waals surface area (Å²) in [6, 6.07) is 32.0. The molecule has 0 unspecified atom stereocenters. The van der Waals surface area contributed by atoms with Gasteiger partial charge in [-0.15, -0.1) is 0 Å². The molecule has 0 aliphatic heterocycles. The van der Waals surface area contributed by atoms with Crippen LogP contribution in [-0.2, 0) is 0 Å². The predicted molar refractivity (Wildman–Crippen MR) is 86.0 cm³/mol. The zero-order valence-electron chi connectivity index (χ0n) is 11.7. The van der Waals surface area contributed by atoms with Crippen LogP contribution in [0.25, 0.3) is 0 Å². The smallest absolute Gasteiger partial charge is 0.0339 e. The molecule has 0 fully saturated rings. The van der Waals surface area contributed by atoms with Crippen LogP contribution in [0.1, 0.15) is 22.6 Å². The topological polar surface area (TPSA) is 0 Å². The molecule has 0 aliphatic carbocycles. The van der Waals surface area contributed by atoms with E-state index in [0.717, 1.165) is 0 Å². The largest absolute Gasteiger partial charge is 0.0622 e. The Bertz CT molecular complexity index is 524. The standard InChI is InChI=1S/C19H16.K/c1-4-10-16(11-5-1)19(17-12-6-2-7-13-17)18-14-8-3-9-15-18;/h1-15,19H;. The number of benzene rings is 3. The van der Waals surface area contributed by atoms with E-state index in [2.05, 4.69) is 91.0 Å². The van der Waals surface area contributed by atoms with E-state index in [-0.39, 0.29) is 51.4 Å². The molecule has 0 heterocycles. The van der Waals surface area contributed by atoms with Crippen molar-refractivity contribution in [2.45, 2.75) is 5.92 Å². The molecule has 3 rings (SSSR count). The minimum absolute atomic E-state index is 0. The zero-order valence-corrected chi connectivity index (χ0v) is 14.9. The Hall–Kier alpha value is -0.704. The van der Waals surface area contributed by atoms with Crippen LogP contribution >= 0.6 is 0 Å². The van der Waals surface area contributed by atoms with Crippen molar-refractivity contribution < 1.29 is 0 Å². The van der Waals surface area contributed by atoms with Gasteiger partial charge in [-0.3, -0.25) is 0 Å². The molecule has 0 nitrogen and oxygen atoms in total. The molecule has 20 heavy (non-hydrogen) atoms. The second kappa shape index (κ2) is 7.92. The quantitative estimate of drug-likeness (QED) is 0.491. The average molecular weight is 283 g/mol. The fraction of sp³-hybridized carbons (Fsp3) is 0.0526. The molecule has 0 amide bonds. The monoisotopic (exact) mass is 283 g/mol. The molecule has 0 aromatic heterocycles. The fourth-order valence-electron chi connectivity index (χ4n) is 2.51. The minimum Gasteiger partial charge on any atom is -0.0622 e. The van der Waals surface area contributed by atoms with Crippen molar-refractivity contribution >= 4 is 51.4 Å². The first kappa shape index (κ1) is 15.7. The molecule has 1 radical (unpaired) electrons. The van der Waals surface area contributed by atoms with Gasteiger partial charge >= 0.3 is 0 Å². The van der Waals surface area contributed by atoms with Crippen LogP contribution in [0.2, 0.25) is 0 Å². The second-order valence-electron chi connectivity index (χ2n) is 4.67. The van der Waals surface area contributed by atoms with Gasteiger partial charge in [0.2, 0.25) is 0 Å². The van der Waals surface area contributed by atoms with Gasteiger partial charge in [-0.2, -0.15) is 0 Å². The number of rotatable bonds is 3. The molecule has 0 bridgehead atoms. The van der Waals surface area contributed by atoms with Crippen molar-refractivity contribution in [3.8, 4) is 0 Å². The van der Waals surface area contributed by atoms with Crippen LogP contribution in [-0.4, -0.2) is 51.4 Å². The molecule has 0 spiro atoms. The van der Waals surface area contributed by atoms with Crippen LogP contribution in [0.5, 0.6) is 0 Å². The Kier molecular flexibility index (Phi) is 6.21.